The van der Waals surface area contributed by atoms with Crippen LogP contribution in [-0.2, 0) is 0 Å². The van der Waals surface area contributed by atoms with Crippen LogP contribution in [0.4, 0.5) is 0 Å². The lowest BCUT2D eigenvalue weighted by Crippen LogP contribution is -2.27. The van der Waals surface area contributed by atoms with E-state index in [0.717, 1.165) is 12.0 Å². The van der Waals surface area contributed by atoms with E-state index in [1.54, 1.807) is 6.08 Å². The van der Waals surface area contributed by atoms with Crippen molar-refractivity contribution >= 4 is 0 Å². The van der Waals surface area contributed by atoms with Gasteiger partial charge in [0.15, 0.2) is 0 Å². The van der Waals surface area contributed by atoms with Gasteiger partial charge in [0.2, 0.25) is 0 Å². The molecule has 0 aliphatic carbocycles. The normalized spacial score (nSPS) is 12.6. The van der Waals surface area contributed by atoms with Crippen molar-refractivity contribution < 1.29 is 5.11 Å². The highest BCUT2D eigenvalue weighted by Crippen LogP contribution is 2.25. The second-order valence-electron chi connectivity index (χ2n) is 3.93. The topological polar surface area (TPSA) is 20.2 Å². The van der Waals surface area contributed by atoms with Crippen LogP contribution < -0.4 is 0 Å². The number of aliphatic hydroxyl groups excluding tert-OH is 1. The van der Waals surface area contributed by atoms with Crippen LogP contribution in [0, 0.1) is 17.3 Å². The largest absolute Gasteiger partial charge is 0.380 e. The monoisotopic (exact) mass is 178 g/mol. The molecule has 0 saturated heterocycles. The van der Waals surface area contributed by atoms with Crippen LogP contribution in [0.2, 0.25) is 0 Å². The minimum atomic E-state index is -0.623. The molecule has 0 amide bonds. The van der Waals surface area contributed by atoms with Crippen LogP contribution in [0.5, 0.6) is 0 Å². The smallest absolute Gasteiger partial charge is 0.120 e. The molecule has 0 heterocycles. The van der Waals surface area contributed by atoms with Gasteiger partial charge in [0.1, 0.15) is 6.10 Å². The van der Waals surface area contributed by atoms with Gasteiger partial charge in [-0.1, -0.05) is 38.3 Å². The molecule has 0 aliphatic rings. The highest BCUT2D eigenvalue weighted by Gasteiger charge is 2.24. The number of hydrogen-bond donors (Lipinski definition) is 1. The summed E-state index contributed by atoms with van der Waals surface area (Å²) >= 11 is 0. The Morgan fingerprint density at radius 1 is 1.62 bits per heavy atom. The molecule has 0 bridgehead atoms. The first kappa shape index (κ1) is 12.0. The number of hydrogen-bond acceptors (Lipinski definition) is 1. The number of aliphatic hydroxyl groups is 1. The van der Waals surface area contributed by atoms with Crippen molar-refractivity contribution in [3.8, 4) is 11.8 Å². The van der Waals surface area contributed by atoms with Crippen LogP contribution in [0.3, 0.4) is 0 Å². The van der Waals surface area contributed by atoms with Crippen molar-refractivity contribution in [1.29, 1.82) is 0 Å². The van der Waals surface area contributed by atoms with E-state index in [0.29, 0.717) is 0 Å². The highest BCUT2D eigenvalue weighted by molar-refractivity contribution is 5.25. The first-order chi connectivity index (χ1) is 5.90. The summed E-state index contributed by atoms with van der Waals surface area (Å²) in [5, 5.41) is 9.69. The maximum Gasteiger partial charge on any atom is 0.120 e. The van der Waals surface area contributed by atoms with Gasteiger partial charge in [0.05, 0.1) is 0 Å². The van der Waals surface area contributed by atoms with E-state index in [-0.39, 0.29) is 5.41 Å². The van der Waals surface area contributed by atoms with E-state index in [1.165, 1.54) is 0 Å². The Bertz CT molecular complexity index is 250. The summed E-state index contributed by atoms with van der Waals surface area (Å²) in [6, 6.07) is 0. The standard InChI is InChI=1S/C12H18O/c1-6-9-12(4,5)11(13)8-7-10(2)3/h6,11,13H,1-2,9H2,3-5H3/t11-/m0/s1. The van der Waals surface area contributed by atoms with Crippen LogP contribution in [0.25, 0.3) is 0 Å². The zero-order valence-electron chi connectivity index (χ0n) is 8.72. The SMILES string of the molecule is C=CCC(C)(C)[C@@H](O)C#CC(=C)C. The van der Waals surface area contributed by atoms with E-state index in [1.807, 2.05) is 20.8 Å². The van der Waals surface area contributed by atoms with Crippen molar-refractivity contribution in [3.05, 3.63) is 24.8 Å². The lowest BCUT2D eigenvalue weighted by molar-refractivity contribution is 0.101. The molecule has 0 rings (SSSR count). The molecule has 0 spiro atoms. The summed E-state index contributed by atoms with van der Waals surface area (Å²) < 4.78 is 0. The number of allylic oxidation sites excluding steroid dienone is 2. The van der Waals surface area contributed by atoms with Gasteiger partial charge in [-0.15, -0.1) is 6.58 Å². The summed E-state index contributed by atoms with van der Waals surface area (Å²) in [4.78, 5) is 0. The Hall–Kier alpha value is -1.00. The van der Waals surface area contributed by atoms with E-state index in [9.17, 15) is 5.11 Å². The van der Waals surface area contributed by atoms with Gasteiger partial charge < -0.3 is 5.11 Å². The molecular formula is C12H18O. The van der Waals surface area contributed by atoms with Gasteiger partial charge in [-0.25, -0.2) is 0 Å². The van der Waals surface area contributed by atoms with E-state index >= 15 is 0 Å². The molecule has 0 unspecified atom stereocenters. The van der Waals surface area contributed by atoms with Crippen LogP contribution in [0.15, 0.2) is 24.8 Å². The summed E-state index contributed by atoms with van der Waals surface area (Å²) in [5.74, 6) is 5.55. The molecule has 1 atom stereocenters. The summed E-state index contributed by atoms with van der Waals surface area (Å²) in [6.45, 7) is 13.0. The Kier molecular flexibility index (Phi) is 4.51. The maximum absolute atomic E-state index is 9.69. The summed E-state index contributed by atoms with van der Waals surface area (Å²) in [7, 11) is 0. The first-order valence-corrected chi connectivity index (χ1v) is 4.36. The lowest BCUT2D eigenvalue weighted by atomic mass is 9.83. The molecule has 0 aromatic rings. The van der Waals surface area contributed by atoms with Gasteiger partial charge in [-0.2, -0.15) is 0 Å². The van der Waals surface area contributed by atoms with Crippen LogP contribution in [-0.4, -0.2) is 11.2 Å². The van der Waals surface area contributed by atoms with E-state index < -0.39 is 6.10 Å². The van der Waals surface area contributed by atoms with Gasteiger partial charge >= 0.3 is 0 Å². The van der Waals surface area contributed by atoms with Crippen molar-refractivity contribution in [3.63, 3.8) is 0 Å². The van der Waals surface area contributed by atoms with Gasteiger partial charge in [0.25, 0.3) is 0 Å². The molecule has 0 saturated carbocycles. The average molecular weight is 178 g/mol. The first-order valence-electron chi connectivity index (χ1n) is 4.36. The number of rotatable bonds is 3. The molecule has 1 N–H and O–H groups in total. The molecule has 0 aliphatic heterocycles. The Labute approximate surface area is 81.2 Å². The molecule has 0 fully saturated rings. The Morgan fingerprint density at radius 3 is 2.54 bits per heavy atom. The predicted molar refractivity (Wildman–Crippen MR) is 57.2 cm³/mol. The summed E-state index contributed by atoms with van der Waals surface area (Å²) in [5.41, 5.74) is 0.540. The quantitative estimate of drug-likeness (QED) is 0.520. The van der Waals surface area contributed by atoms with Gasteiger partial charge in [0, 0.05) is 5.41 Å². The van der Waals surface area contributed by atoms with Gasteiger partial charge in [-0.3, -0.25) is 0 Å². The highest BCUT2D eigenvalue weighted by atomic mass is 16.3. The van der Waals surface area contributed by atoms with Gasteiger partial charge in [-0.05, 0) is 18.9 Å². The Morgan fingerprint density at radius 2 is 2.15 bits per heavy atom. The van der Waals surface area contributed by atoms with Crippen LogP contribution in [0.1, 0.15) is 27.2 Å². The summed E-state index contributed by atoms with van der Waals surface area (Å²) in [6.07, 6.45) is 1.92. The van der Waals surface area contributed by atoms with E-state index in [4.69, 9.17) is 0 Å². The molecule has 13 heavy (non-hydrogen) atoms. The van der Waals surface area contributed by atoms with Crippen LogP contribution >= 0.6 is 0 Å². The molecule has 0 aromatic heterocycles. The van der Waals surface area contributed by atoms with Crippen molar-refractivity contribution in [2.24, 2.45) is 5.41 Å². The molecule has 0 aromatic carbocycles. The molecule has 72 valence electrons. The maximum atomic E-state index is 9.69. The second kappa shape index (κ2) is 4.89. The van der Waals surface area contributed by atoms with E-state index in [2.05, 4.69) is 25.0 Å². The van der Waals surface area contributed by atoms with Crippen molar-refractivity contribution in [1.82, 2.24) is 0 Å². The third-order valence-corrected chi connectivity index (χ3v) is 1.83. The zero-order valence-corrected chi connectivity index (χ0v) is 8.72. The fraction of sp³-hybridized carbons (Fsp3) is 0.500. The average Bonchev–Trinajstić information content (AvgIpc) is 1.99. The Balaban J connectivity index is 4.42. The third-order valence-electron chi connectivity index (χ3n) is 1.83. The predicted octanol–water partition coefficient (Wildman–Crippen LogP) is 2.53. The van der Waals surface area contributed by atoms with Crippen molar-refractivity contribution in [2.45, 2.75) is 33.3 Å². The fourth-order valence-corrected chi connectivity index (χ4v) is 0.871. The lowest BCUT2D eigenvalue weighted by Gasteiger charge is -2.25. The molecule has 1 heteroatoms. The molecular weight excluding hydrogens is 160 g/mol. The minimum absolute atomic E-state index is 0.232. The third kappa shape index (κ3) is 4.55. The zero-order chi connectivity index (χ0) is 10.5. The second-order valence-corrected chi connectivity index (χ2v) is 3.93. The minimum Gasteiger partial charge on any atom is -0.380 e. The molecule has 1 nitrogen and oxygen atoms in total. The molecule has 0 radical (unpaired) electrons. The fourth-order valence-electron chi connectivity index (χ4n) is 0.871. The van der Waals surface area contributed by atoms with Crippen molar-refractivity contribution in [2.75, 3.05) is 0 Å².